The van der Waals surface area contributed by atoms with E-state index in [4.69, 9.17) is 16.3 Å². The molecule has 314 valence electrons. The van der Waals surface area contributed by atoms with Crippen molar-refractivity contribution in [2.45, 2.75) is 43.4 Å². The summed E-state index contributed by atoms with van der Waals surface area (Å²) in [5.74, 6) is 0.366. The fourth-order valence-corrected chi connectivity index (χ4v) is 10.0. The molecule has 14 nitrogen and oxygen atoms in total. The SMILES string of the molecule is O=C(N[S+]([O-])c1cc([N+](=O)[O-])c2[nH]c(-c3ccncc3)nc2c1)c1ccc(N2CCN(CC3=C(c4ccc(Cl)cc4)CC4(CCC4)CC3)CC2)cc1Oc1cnc2[nH]ccc2c1. The lowest BCUT2D eigenvalue weighted by atomic mass is 9.59. The molecule has 2 aliphatic carbocycles. The van der Waals surface area contributed by atoms with Crippen molar-refractivity contribution < 1.29 is 19.0 Å². The minimum atomic E-state index is -2.20. The van der Waals surface area contributed by atoms with Crippen LogP contribution in [0.3, 0.4) is 0 Å². The van der Waals surface area contributed by atoms with Crippen LogP contribution in [0.15, 0.2) is 114 Å². The van der Waals surface area contributed by atoms with E-state index in [1.165, 1.54) is 54.5 Å². The number of nitro groups is 1. The molecule has 1 unspecified atom stereocenters. The number of carbonyl (C=O) groups excluding carboxylic acids is 1. The maximum Gasteiger partial charge on any atom is 0.300 e. The number of hydrogen-bond acceptors (Lipinski definition) is 10. The van der Waals surface area contributed by atoms with Gasteiger partial charge in [-0.2, -0.15) is 4.72 Å². The first kappa shape index (κ1) is 39.9. The number of piperazine rings is 1. The first-order valence-electron chi connectivity index (χ1n) is 20.7. The smallest absolute Gasteiger partial charge is 0.300 e. The number of nitro benzene ring substituents is 1. The summed E-state index contributed by atoms with van der Waals surface area (Å²) in [4.78, 5) is 49.5. The van der Waals surface area contributed by atoms with Gasteiger partial charge in [-0.1, -0.05) is 35.7 Å². The Morgan fingerprint density at radius 2 is 1.77 bits per heavy atom. The summed E-state index contributed by atoms with van der Waals surface area (Å²) in [5.41, 5.74) is 7.22. The third-order valence-electron chi connectivity index (χ3n) is 12.6. The van der Waals surface area contributed by atoms with E-state index in [1.54, 1.807) is 43.0 Å². The van der Waals surface area contributed by atoms with Crippen LogP contribution in [0, 0.1) is 15.5 Å². The zero-order chi connectivity index (χ0) is 42.4. The van der Waals surface area contributed by atoms with Crippen LogP contribution < -0.4 is 14.4 Å². The van der Waals surface area contributed by atoms with Crippen molar-refractivity contribution in [1.29, 1.82) is 0 Å². The van der Waals surface area contributed by atoms with Gasteiger partial charge in [0.05, 0.1) is 22.7 Å². The Kier molecular flexibility index (Phi) is 10.6. The topological polar surface area (TPSA) is 181 Å². The Balaban J connectivity index is 0.888. The number of nitrogens with zero attached hydrogens (tertiary/aromatic N) is 6. The molecule has 62 heavy (non-hydrogen) atoms. The van der Waals surface area contributed by atoms with Gasteiger partial charge in [0, 0.05) is 85.1 Å². The number of pyridine rings is 2. The third-order valence-corrected chi connectivity index (χ3v) is 13.9. The van der Waals surface area contributed by atoms with E-state index in [1.807, 2.05) is 36.4 Å². The van der Waals surface area contributed by atoms with Crippen LogP contribution in [0.1, 0.15) is 54.4 Å². The van der Waals surface area contributed by atoms with E-state index in [-0.39, 0.29) is 32.9 Å². The number of aromatic nitrogens is 5. The number of non-ortho nitro benzene ring substituents is 1. The average Bonchev–Trinajstić information content (AvgIpc) is 3.94. The number of imidazole rings is 1. The van der Waals surface area contributed by atoms with Gasteiger partial charge in [0.1, 0.15) is 45.4 Å². The Labute approximate surface area is 364 Å². The number of halogens is 1. The summed E-state index contributed by atoms with van der Waals surface area (Å²) in [5, 5.41) is 13.8. The number of fused-ring (bicyclic) bond motifs is 2. The Hall–Kier alpha value is -6.26. The Bertz CT molecular complexity index is 2850. The second-order valence-electron chi connectivity index (χ2n) is 16.4. The van der Waals surface area contributed by atoms with Crippen LogP contribution in [-0.2, 0) is 11.4 Å². The molecule has 7 aromatic rings. The highest BCUT2D eigenvalue weighted by atomic mass is 35.5. The monoisotopic (exact) mass is 867 g/mol. The minimum Gasteiger partial charge on any atom is -0.588 e. The summed E-state index contributed by atoms with van der Waals surface area (Å²) in [6.45, 7) is 4.21. The summed E-state index contributed by atoms with van der Waals surface area (Å²) in [6.07, 6.45) is 14.0. The van der Waals surface area contributed by atoms with Crippen molar-refractivity contribution >= 4 is 67.9 Å². The van der Waals surface area contributed by atoms with Gasteiger partial charge in [-0.25, -0.2) is 9.97 Å². The van der Waals surface area contributed by atoms with Gasteiger partial charge in [-0.05, 0) is 97.2 Å². The van der Waals surface area contributed by atoms with Crippen LogP contribution in [0.5, 0.6) is 11.5 Å². The molecule has 3 aromatic carbocycles. The molecule has 4 aromatic heterocycles. The number of nitrogens with one attached hydrogen (secondary N) is 3. The first-order chi connectivity index (χ1) is 30.2. The van der Waals surface area contributed by atoms with Crippen molar-refractivity contribution in [3.63, 3.8) is 0 Å². The molecule has 3 N–H and O–H groups in total. The van der Waals surface area contributed by atoms with E-state index < -0.39 is 22.2 Å². The highest BCUT2D eigenvalue weighted by Crippen LogP contribution is 2.55. The molecule has 0 radical (unpaired) electrons. The van der Waals surface area contributed by atoms with Crippen molar-refractivity contribution in [3.8, 4) is 22.9 Å². The molecule has 16 heteroatoms. The van der Waals surface area contributed by atoms with Crippen molar-refractivity contribution in [2.24, 2.45) is 5.41 Å². The fraction of sp³-hybridized carbons (Fsp3) is 0.261. The van der Waals surface area contributed by atoms with E-state index in [2.05, 4.69) is 51.6 Å². The normalized spacial score (nSPS) is 17.0. The lowest BCUT2D eigenvalue weighted by Crippen LogP contribution is -2.47. The fourth-order valence-electron chi connectivity index (χ4n) is 9.07. The van der Waals surface area contributed by atoms with E-state index >= 15 is 0 Å². The van der Waals surface area contributed by atoms with Crippen LogP contribution in [0.4, 0.5) is 11.4 Å². The van der Waals surface area contributed by atoms with Crippen LogP contribution >= 0.6 is 11.6 Å². The molecule has 10 rings (SSSR count). The Morgan fingerprint density at radius 1 is 0.968 bits per heavy atom. The second-order valence-corrected chi connectivity index (χ2v) is 18.0. The highest BCUT2D eigenvalue weighted by Gasteiger charge is 2.41. The molecule has 0 bridgehead atoms. The van der Waals surface area contributed by atoms with Gasteiger partial charge >= 0.3 is 0 Å². The standard InChI is InChI=1S/C46H42ClN9O5S/c47-33-4-2-29(3-5-33)38-26-46(12-1-13-46)14-8-32(38)28-54-18-20-55(21-19-54)34-6-7-37(41(23-34)61-35-22-31-11-17-49-43(31)50-27-35)45(57)53-62(60)36-24-39-42(40(25-36)56(58)59)52-44(51-39)30-9-15-48-16-10-30/h2-7,9-11,15-17,22-25,27H,1,8,12-14,18-21,26,28H2,(H,49,50)(H,51,52)(H,53,57). The number of anilines is 1. The predicted molar refractivity (Wildman–Crippen MR) is 240 cm³/mol. The first-order valence-corrected chi connectivity index (χ1v) is 22.2. The quantitative estimate of drug-likeness (QED) is 0.0644. The van der Waals surface area contributed by atoms with Gasteiger partial charge < -0.3 is 24.2 Å². The van der Waals surface area contributed by atoms with Crippen LogP contribution in [0.2, 0.25) is 5.02 Å². The maximum absolute atomic E-state index is 14.0. The molecule has 3 aliphatic rings. The number of hydrogen-bond donors (Lipinski definition) is 3. The summed E-state index contributed by atoms with van der Waals surface area (Å²) in [7, 11) is 0. The minimum absolute atomic E-state index is 0.0104. The zero-order valence-electron chi connectivity index (χ0n) is 33.6. The predicted octanol–water partition coefficient (Wildman–Crippen LogP) is 9.24. The van der Waals surface area contributed by atoms with Crippen molar-refractivity contribution in [2.75, 3.05) is 37.6 Å². The number of carbonyl (C=O) groups is 1. The number of ether oxygens (including phenoxy) is 1. The number of allylic oxidation sites excluding steroid dienone is 1. The van der Waals surface area contributed by atoms with Gasteiger partial charge in [-0.3, -0.25) is 24.8 Å². The average molecular weight is 868 g/mol. The van der Waals surface area contributed by atoms with E-state index in [0.717, 1.165) is 61.7 Å². The molecular formula is C46H42ClN9O5S. The van der Waals surface area contributed by atoms with E-state index in [0.29, 0.717) is 28.2 Å². The van der Waals surface area contributed by atoms with E-state index in [9.17, 15) is 19.5 Å². The molecule has 1 aliphatic heterocycles. The molecule has 1 saturated carbocycles. The second kappa shape index (κ2) is 16.5. The molecule has 1 spiro atoms. The van der Waals surface area contributed by atoms with Gasteiger partial charge in [0.25, 0.3) is 11.6 Å². The number of benzene rings is 3. The van der Waals surface area contributed by atoms with Crippen LogP contribution in [-0.4, -0.2) is 77.9 Å². The van der Waals surface area contributed by atoms with Gasteiger partial charge in [-0.15, -0.1) is 0 Å². The molecule has 2 fully saturated rings. The maximum atomic E-state index is 14.0. The molecule has 1 amide bonds. The molecule has 5 heterocycles. The third kappa shape index (κ3) is 7.99. The Morgan fingerprint density at radius 3 is 2.53 bits per heavy atom. The molecule has 1 atom stereocenters. The van der Waals surface area contributed by atoms with Gasteiger partial charge in [0.2, 0.25) is 0 Å². The summed E-state index contributed by atoms with van der Waals surface area (Å²) >= 11 is 4.08. The number of rotatable bonds is 11. The van der Waals surface area contributed by atoms with Crippen molar-refractivity contribution in [3.05, 3.63) is 135 Å². The van der Waals surface area contributed by atoms with Gasteiger partial charge in [0.15, 0.2) is 4.90 Å². The lowest BCUT2D eigenvalue weighted by Gasteiger charge is -2.47. The highest BCUT2D eigenvalue weighted by molar-refractivity contribution is 7.90. The summed E-state index contributed by atoms with van der Waals surface area (Å²) < 4.78 is 22.7. The molecule has 1 saturated heterocycles. The summed E-state index contributed by atoms with van der Waals surface area (Å²) in [6, 6.07) is 23.5. The van der Waals surface area contributed by atoms with Crippen LogP contribution in [0.25, 0.3) is 39.0 Å². The zero-order valence-corrected chi connectivity index (χ0v) is 35.2. The number of amides is 1. The van der Waals surface area contributed by atoms with Crippen molar-refractivity contribution in [1.82, 2.24) is 34.5 Å². The number of H-pyrrole nitrogens is 2. The lowest BCUT2D eigenvalue weighted by molar-refractivity contribution is -0.383. The largest absolute Gasteiger partial charge is 0.588 e. The molecular weight excluding hydrogens is 826 g/mol. The number of aromatic amines is 2.